The highest BCUT2D eigenvalue weighted by Crippen LogP contribution is 2.28. The van der Waals surface area contributed by atoms with Crippen LogP contribution in [0.2, 0.25) is 0 Å². The summed E-state index contributed by atoms with van der Waals surface area (Å²) in [5.74, 6) is 1.13. The number of halogens is 2. The number of carbonyl (C=O) groups excluding carboxylic acids is 1. The maximum Gasteiger partial charge on any atom is 0.230 e. The second kappa shape index (κ2) is 9.16. The Bertz CT molecular complexity index is 527. The molecule has 3 nitrogen and oxygen atoms in total. The van der Waals surface area contributed by atoms with Crippen molar-refractivity contribution in [2.75, 3.05) is 18.8 Å². The lowest BCUT2D eigenvalue weighted by atomic mass is 9.95. The van der Waals surface area contributed by atoms with Crippen molar-refractivity contribution in [1.29, 1.82) is 0 Å². The molecule has 0 aliphatic carbocycles. The topological polar surface area (TPSA) is 41.1 Å². The van der Waals surface area contributed by atoms with Crippen LogP contribution in [0.25, 0.3) is 0 Å². The van der Waals surface area contributed by atoms with Gasteiger partial charge >= 0.3 is 0 Å². The van der Waals surface area contributed by atoms with Crippen molar-refractivity contribution in [3.05, 3.63) is 27.7 Å². The molecule has 124 valence electrons. The highest BCUT2D eigenvalue weighted by atomic mass is 79.9. The minimum atomic E-state index is 0. The van der Waals surface area contributed by atoms with Crippen molar-refractivity contribution >= 4 is 46.0 Å². The van der Waals surface area contributed by atoms with Gasteiger partial charge in [0.1, 0.15) is 0 Å². The van der Waals surface area contributed by atoms with Crippen LogP contribution in [0.4, 0.5) is 0 Å². The van der Waals surface area contributed by atoms with Crippen molar-refractivity contribution in [2.24, 2.45) is 5.92 Å². The Kier molecular flexibility index (Phi) is 8.25. The van der Waals surface area contributed by atoms with Crippen LogP contribution < -0.4 is 10.6 Å². The Morgan fingerprint density at radius 1 is 1.41 bits per heavy atom. The highest BCUT2D eigenvalue weighted by Gasteiger charge is 2.22. The van der Waals surface area contributed by atoms with E-state index in [0.717, 1.165) is 24.0 Å². The van der Waals surface area contributed by atoms with Crippen molar-refractivity contribution in [3.8, 4) is 0 Å². The molecule has 1 amide bonds. The predicted octanol–water partition coefficient (Wildman–Crippen LogP) is 3.69. The third-order valence-electron chi connectivity index (χ3n) is 3.95. The van der Waals surface area contributed by atoms with Crippen LogP contribution in [0.5, 0.6) is 0 Å². The number of nitrogens with one attached hydrogen (secondary N) is 2. The molecule has 1 aromatic rings. The molecule has 1 aliphatic rings. The summed E-state index contributed by atoms with van der Waals surface area (Å²) in [4.78, 5) is 13.3. The van der Waals surface area contributed by atoms with Crippen molar-refractivity contribution < 1.29 is 4.79 Å². The monoisotopic (exact) mass is 406 g/mol. The first-order chi connectivity index (χ1) is 9.97. The van der Waals surface area contributed by atoms with Gasteiger partial charge in [0.05, 0.1) is 5.75 Å². The van der Waals surface area contributed by atoms with E-state index >= 15 is 0 Å². The van der Waals surface area contributed by atoms with Crippen molar-refractivity contribution in [3.63, 3.8) is 0 Å². The maximum absolute atomic E-state index is 12.1. The number of amides is 1. The quantitative estimate of drug-likeness (QED) is 0.748. The number of carbonyl (C=O) groups is 1. The van der Waals surface area contributed by atoms with E-state index in [1.165, 1.54) is 16.0 Å². The smallest absolute Gasteiger partial charge is 0.230 e. The number of piperidine rings is 1. The van der Waals surface area contributed by atoms with E-state index < -0.39 is 0 Å². The number of hydrogen-bond donors (Lipinski definition) is 2. The Hall–Kier alpha value is -0.230. The Morgan fingerprint density at radius 3 is 2.82 bits per heavy atom. The summed E-state index contributed by atoms with van der Waals surface area (Å²) >= 11 is 5.16. The summed E-state index contributed by atoms with van der Waals surface area (Å²) in [6, 6.07) is 4.57. The lowest BCUT2D eigenvalue weighted by Gasteiger charge is -2.30. The van der Waals surface area contributed by atoms with E-state index in [1.54, 1.807) is 11.8 Å². The number of thioether (sulfide) groups is 1. The summed E-state index contributed by atoms with van der Waals surface area (Å²) in [6.07, 6.45) is 1.02. The fraction of sp³-hybridized carbons (Fsp3) is 0.562. The number of aryl methyl sites for hydroxylation is 2. The molecule has 2 N–H and O–H groups in total. The van der Waals surface area contributed by atoms with E-state index in [2.05, 4.69) is 59.5 Å². The molecular weight excluding hydrogens is 384 g/mol. The average Bonchev–Trinajstić information content (AvgIpc) is 2.44. The molecule has 1 heterocycles. The van der Waals surface area contributed by atoms with Crippen LogP contribution in [0.3, 0.4) is 0 Å². The van der Waals surface area contributed by atoms with Crippen LogP contribution in [0.15, 0.2) is 21.5 Å². The van der Waals surface area contributed by atoms with Gasteiger partial charge in [-0.2, -0.15) is 0 Å². The van der Waals surface area contributed by atoms with Crippen molar-refractivity contribution in [2.45, 2.75) is 38.1 Å². The molecule has 22 heavy (non-hydrogen) atoms. The molecule has 2 atom stereocenters. The molecule has 0 aromatic heterocycles. The zero-order valence-electron chi connectivity index (χ0n) is 13.2. The largest absolute Gasteiger partial charge is 0.352 e. The first-order valence-electron chi connectivity index (χ1n) is 7.37. The van der Waals surface area contributed by atoms with Crippen LogP contribution in [0, 0.1) is 19.8 Å². The first-order valence-corrected chi connectivity index (χ1v) is 9.15. The van der Waals surface area contributed by atoms with Gasteiger partial charge in [0.15, 0.2) is 0 Å². The molecule has 0 spiro atoms. The normalized spacial score (nSPS) is 21.1. The maximum atomic E-state index is 12.1. The fourth-order valence-electron chi connectivity index (χ4n) is 2.53. The molecule has 1 saturated heterocycles. The van der Waals surface area contributed by atoms with Crippen molar-refractivity contribution in [1.82, 2.24) is 10.6 Å². The number of benzene rings is 1. The van der Waals surface area contributed by atoms with Crippen LogP contribution >= 0.6 is 40.1 Å². The van der Waals surface area contributed by atoms with E-state index in [-0.39, 0.29) is 18.3 Å². The van der Waals surface area contributed by atoms with Gasteiger partial charge in [-0.05, 0) is 62.5 Å². The predicted molar refractivity (Wildman–Crippen MR) is 100 cm³/mol. The van der Waals surface area contributed by atoms with Gasteiger partial charge in [0, 0.05) is 15.4 Å². The van der Waals surface area contributed by atoms with Crippen LogP contribution in [0.1, 0.15) is 24.5 Å². The second-order valence-corrected chi connectivity index (χ2v) is 7.67. The summed E-state index contributed by atoms with van der Waals surface area (Å²) in [6.45, 7) is 8.33. The van der Waals surface area contributed by atoms with Gasteiger partial charge in [-0.25, -0.2) is 0 Å². The van der Waals surface area contributed by atoms with Crippen LogP contribution in [-0.2, 0) is 4.79 Å². The number of rotatable bonds is 4. The lowest BCUT2D eigenvalue weighted by molar-refractivity contribution is -0.119. The third kappa shape index (κ3) is 5.44. The molecular formula is C16H24BrClN2OS. The second-order valence-electron chi connectivity index (χ2n) is 5.80. The standard InChI is InChI=1S/C16H23BrN2OS.ClH/c1-10-7-15(11(2)6-13(10)17)21-9-16(20)19-14-4-5-18-8-12(14)3;/h6-7,12,14,18H,4-5,8-9H2,1-3H3,(H,19,20);1H. The van der Waals surface area contributed by atoms with Gasteiger partial charge in [-0.1, -0.05) is 22.9 Å². The fourth-order valence-corrected chi connectivity index (χ4v) is 3.90. The average molecular weight is 408 g/mol. The Morgan fingerprint density at radius 2 is 2.14 bits per heavy atom. The van der Waals surface area contributed by atoms with E-state index in [9.17, 15) is 4.79 Å². The number of hydrogen-bond acceptors (Lipinski definition) is 3. The van der Waals surface area contributed by atoms with E-state index in [0.29, 0.717) is 17.7 Å². The van der Waals surface area contributed by atoms with Gasteiger partial charge in [0.25, 0.3) is 0 Å². The Balaban J connectivity index is 0.00000242. The molecule has 0 bridgehead atoms. The van der Waals surface area contributed by atoms with E-state index in [1.807, 2.05) is 0 Å². The van der Waals surface area contributed by atoms with Gasteiger partial charge in [-0.15, -0.1) is 24.2 Å². The zero-order chi connectivity index (χ0) is 15.4. The molecule has 2 unspecified atom stereocenters. The van der Waals surface area contributed by atoms with Gasteiger partial charge in [0.2, 0.25) is 5.91 Å². The SMILES string of the molecule is Cc1cc(SCC(=O)NC2CCNCC2C)c(C)cc1Br.Cl. The van der Waals surface area contributed by atoms with Crippen LogP contribution in [-0.4, -0.2) is 30.8 Å². The summed E-state index contributed by atoms with van der Waals surface area (Å²) in [5, 5.41) is 6.53. The molecule has 0 radical (unpaired) electrons. The summed E-state index contributed by atoms with van der Waals surface area (Å²) < 4.78 is 1.12. The molecule has 1 fully saturated rings. The minimum Gasteiger partial charge on any atom is -0.352 e. The molecule has 1 aromatic carbocycles. The lowest BCUT2D eigenvalue weighted by Crippen LogP contribution is -2.48. The minimum absolute atomic E-state index is 0. The molecule has 1 aliphatic heterocycles. The first kappa shape index (κ1) is 19.8. The highest BCUT2D eigenvalue weighted by molar-refractivity contribution is 9.10. The molecule has 0 saturated carbocycles. The summed E-state index contributed by atoms with van der Waals surface area (Å²) in [5.41, 5.74) is 2.41. The zero-order valence-corrected chi connectivity index (χ0v) is 16.5. The van der Waals surface area contributed by atoms with Gasteiger partial charge < -0.3 is 10.6 Å². The summed E-state index contributed by atoms with van der Waals surface area (Å²) in [7, 11) is 0. The van der Waals surface area contributed by atoms with Gasteiger partial charge in [-0.3, -0.25) is 4.79 Å². The van der Waals surface area contributed by atoms with E-state index in [4.69, 9.17) is 0 Å². The molecule has 6 heteroatoms. The third-order valence-corrected chi connectivity index (χ3v) is 5.96. The Labute approximate surface area is 151 Å². The molecule has 2 rings (SSSR count).